The fourth-order valence-electron chi connectivity index (χ4n) is 3.86. The molecule has 132 valence electrons. The molecule has 24 heavy (non-hydrogen) atoms. The van der Waals surface area contributed by atoms with Gasteiger partial charge in [-0.3, -0.25) is 4.79 Å². The van der Waals surface area contributed by atoms with Crippen molar-refractivity contribution in [2.24, 2.45) is 5.41 Å². The van der Waals surface area contributed by atoms with Crippen molar-refractivity contribution < 1.29 is 15.0 Å². The second-order valence-electron chi connectivity index (χ2n) is 7.50. The maximum Gasteiger partial charge on any atom is 0.251 e. The van der Waals surface area contributed by atoms with E-state index in [1.807, 2.05) is 31.2 Å². The number of aliphatic hydroxyl groups excluding tert-OH is 2. The highest BCUT2D eigenvalue weighted by atomic mass is 16.3. The van der Waals surface area contributed by atoms with Crippen LogP contribution in [0.5, 0.6) is 0 Å². The van der Waals surface area contributed by atoms with Gasteiger partial charge >= 0.3 is 0 Å². The van der Waals surface area contributed by atoms with Gasteiger partial charge in [0, 0.05) is 35.8 Å². The lowest BCUT2D eigenvalue weighted by Gasteiger charge is -2.31. The molecule has 3 N–H and O–H groups in total. The molecular formula is C19H28N2O3. The number of hydrogen-bond donors (Lipinski definition) is 3. The average Bonchev–Trinajstić information content (AvgIpc) is 2.97. The normalized spacial score (nSPS) is 28.1. The van der Waals surface area contributed by atoms with Crippen LogP contribution >= 0.6 is 0 Å². The summed E-state index contributed by atoms with van der Waals surface area (Å²) >= 11 is 0. The van der Waals surface area contributed by atoms with Crippen LogP contribution in [0, 0.1) is 5.41 Å². The van der Waals surface area contributed by atoms with E-state index in [0.29, 0.717) is 5.56 Å². The van der Waals surface area contributed by atoms with E-state index in [4.69, 9.17) is 0 Å². The molecule has 0 bridgehead atoms. The van der Waals surface area contributed by atoms with Gasteiger partial charge in [0.25, 0.3) is 5.91 Å². The number of anilines is 1. The summed E-state index contributed by atoms with van der Waals surface area (Å²) < 4.78 is 0. The fourth-order valence-corrected chi connectivity index (χ4v) is 3.86. The first-order valence-corrected chi connectivity index (χ1v) is 8.97. The number of piperidine rings is 1. The van der Waals surface area contributed by atoms with Crippen molar-refractivity contribution in [3.63, 3.8) is 0 Å². The van der Waals surface area contributed by atoms with Gasteiger partial charge in [-0.2, -0.15) is 0 Å². The zero-order valence-corrected chi connectivity index (χ0v) is 14.4. The van der Waals surface area contributed by atoms with Crippen LogP contribution < -0.4 is 10.2 Å². The minimum Gasteiger partial charge on any atom is -0.396 e. The number of benzene rings is 1. The molecule has 1 saturated heterocycles. The van der Waals surface area contributed by atoms with E-state index in [1.165, 1.54) is 0 Å². The number of amides is 1. The second kappa shape index (κ2) is 7.11. The van der Waals surface area contributed by atoms with Gasteiger partial charge in [-0.1, -0.05) is 13.3 Å². The minimum absolute atomic E-state index is 0.0401. The van der Waals surface area contributed by atoms with Gasteiger partial charge in [0.15, 0.2) is 0 Å². The monoisotopic (exact) mass is 332 g/mol. The Hall–Kier alpha value is -1.59. The predicted molar refractivity (Wildman–Crippen MR) is 94.2 cm³/mol. The number of carbonyl (C=O) groups excluding carboxylic acids is 1. The van der Waals surface area contributed by atoms with Gasteiger partial charge in [-0.15, -0.1) is 0 Å². The number of nitrogens with one attached hydrogen (secondary N) is 1. The van der Waals surface area contributed by atoms with Crippen LogP contribution in [-0.2, 0) is 0 Å². The lowest BCUT2D eigenvalue weighted by atomic mass is 9.85. The molecule has 3 rings (SSSR count). The maximum atomic E-state index is 12.5. The molecule has 1 aromatic rings. The lowest BCUT2D eigenvalue weighted by Crippen LogP contribution is -2.44. The van der Waals surface area contributed by atoms with Crippen molar-refractivity contribution in [2.45, 2.75) is 51.2 Å². The number of hydrogen-bond acceptors (Lipinski definition) is 4. The molecule has 5 nitrogen and oxygen atoms in total. The van der Waals surface area contributed by atoms with E-state index < -0.39 is 0 Å². The number of carbonyl (C=O) groups is 1. The minimum atomic E-state index is -0.204. The fraction of sp³-hybridized carbons (Fsp3) is 0.632. The van der Waals surface area contributed by atoms with Gasteiger partial charge in [-0.05, 0) is 49.9 Å². The molecule has 0 spiro atoms. The molecule has 2 atom stereocenters. The molecule has 5 heteroatoms. The predicted octanol–water partition coefficient (Wildman–Crippen LogP) is 1.93. The van der Waals surface area contributed by atoms with Crippen LogP contribution in [-0.4, -0.2) is 48.0 Å². The highest BCUT2D eigenvalue weighted by Crippen LogP contribution is 2.37. The molecule has 1 aromatic carbocycles. The summed E-state index contributed by atoms with van der Waals surface area (Å²) in [7, 11) is 0. The summed E-state index contributed by atoms with van der Waals surface area (Å²) in [5, 5.41) is 22.3. The van der Waals surface area contributed by atoms with Crippen LogP contribution in [0.3, 0.4) is 0 Å². The number of aliphatic hydroxyl groups is 2. The molecule has 2 aliphatic rings. The topological polar surface area (TPSA) is 72.8 Å². The SMILES string of the molecule is CC1(CO)CCCC1NC(=O)c1ccc(N2CCC(O)CC2)cc1. The van der Waals surface area contributed by atoms with E-state index in [1.54, 1.807) is 0 Å². The first kappa shape index (κ1) is 17.2. The van der Waals surface area contributed by atoms with Crippen molar-refractivity contribution in [1.29, 1.82) is 0 Å². The zero-order chi connectivity index (χ0) is 17.2. The molecule has 2 fully saturated rings. The van der Waals surface area contributed by atoms with Gasteiger partial charge in [-0.25, -0.2) is 0 Å². The summed E-state index contributed by atoms with van der Waals surface area (Å²) in [6.07, 6.45) is 4.33. The van der Waals surface area contributed by atoms with Crippen molar-refractivity contribution in [2.75, 3.05) is 24.6 Å². The Morgan fingerprint density at radius 3 is 2.54 bits per heavy atom. The summed E-state index contributed by atoms with van der Waals surface area (Å²) in [5.74, 6) is -0.0674. The van der Waals surface area contributed by atoms with Crippen molar-refractivity contribution in [1.82, 2.24) is 5.32 Å². The molecule has 0 aromatic heterocycles. The Bertz CT molecular complexity index is 566. The van der Waals surface area contributed by atoms with Crippen LogP contribution in [0.15, 0.2) is 24.3 Å². The zero-order valence-electron chi connectivity index (χ0n) is 14.4. The van der Waals surface area contributed by atoms with Gasteiger partial charge < -0.3 is 20.4 Å². The Labute approximate surface area is 143 Å². The standard InChI is InChI=1S/C19H28N2O3/c1-19(13-22)10-2-3-17(19)20-18(24)14-4-6-15(7-5-14)21-11-8-16(23)9-12-21/h4-7,16-17,22-23H,2-3,8-13H2,1H3,(H,20,24). The summed E-state index contributed by atoms with van der Waals surface area (Å²) in [6.45, 7) is 3.85. The highest BCUT2D eigenvalue weighted by molar-refractivity contribution is 5.94. The molecule has 0 radical (unpaired) electrons. The second-order valence-corrected chi connectivity index (χ2v) is 7.50. The molecule has 1 aliphatic heterocycles. The smallest absolute Gasteiger partial charge is 0.251 e. The Morgan fingerprint density at radius 2 is 1.92 bits per heavy atom. The van der Waals surface area contributed by atoms with Gasteiger partial charge in [0.1, 0.15) is 0 Å². The third kappa shape index (κ3) is 3.57. The highest BCUT2D eigenvalue weighted by Gasteiger charge is 2.39. The van der Waals surface area contributed by atoms with E-state index in [-0.39, 0.29) is 30.1 Å². The molecule has 1 amide bonds. The van der Waals surface area contributed by atoms with Crippen molar-refractivity contribution >= 4 is 11.6 Å². The van der Waals surface area contributed by atoms with Crippen molar-refractivity contribution in [3.8, 4) is 0 Å². The molecular weight excluding hydrogens is 304 g/mol. The molecule has 1 saturated carbocycles. The first-order valence-electron chi connectivity index (χ1n) is 8.97. The van der Waals surface area contributed by atoms with Gasteiger partial charge in [0.05, 0.1) is 12.7 Å². The number of nitrogens with zero attached hydrogens (tertiary/aromatic N) is 1. The Kier molecular flexibility index (Phi) is 5.11. The largest absolute Gasteiger partial charge is 0.396 e. The third-order valence-electron chi connectivity index (χ3n) is 5.71. The average molecular weight is 332 g/mol. The number of rotatable bonds is 4. The van der Waals surface area contributed by atoms with Crippen molar-refractivity contribution in [3.05, 3.63) is 29.8 Å². The van der Waals surface area contributed by atoms with Crippen LogP contribution in [0.1, 0.15) is 49.4 Å². The van der Waals surface area contributed by atoms with Crippen LogP contribution in [0.25, 0.3) is 0 Å². The molecule has 1 aliphatic carbocycles. The summed E-state index contributed by atoms with van der Waals surface area (Å²) in [5.41, 5.74) is 1.55. The van der Waals surface area contributed by atoms with E-state index in [0.717, 1.165) is 50.9 Å². The van der Waals surface area contributed by atoms with Crippen LogP contribution in [0.2, 0.25) is 0 Å². The maximum absolute atomic E-state index is 12.5. The molecule has 2 unspecified atom stereocenters. The van der Waals surface area contributed by atoms with Gasteiger partial charge in [0.2, 0.25) is 0 Å². The van der Waals surface area contributed by atoms with Crippen LogP contribution in [0.4, 0.5) is 5.69 Å². The third-order valence-corrected chi connectivity index (χ3v) is 5.71. The summed E-state index contributed by atoms with van der Waals surface area (Å²) in [6, 6.07) is 7.72. The van der Waals surface area contributed by atoms with E-state index >= 15 is 0 Å². The quantitative estimate of drug-likeness (QED) is 0.788. The first-order chi connectivity index (χ1) is 11.5. The molecule has 1 heterocycles. The van der Waals surface area contributed by atoms with E-state index in [2.05, 4.69) is 10.2 Å². The lowest BCUT2D eigenvalue weighted by molar-refractivity contribution is 0.0830. The Balaban J connectivity index is 1.62. The Morgan fingerprint density at radius 1 is 1.25 bits per heavy atom. The summed E-state index contributed by atoms with van der Waals surface area (Å²) in [4.78, 5) is 14.7. The van der Waals surface area contributed by atoms with E-state index in [9.17, 15) is 15.0 Å².